The smallest absolute Gasteiger partial charge is 0.129 e. The van der Waals surface area contributed by atoms with Gasteiger partial charge in [-0.2, -0.15) is 5.26 Å². The molecule has 0 amide bonds. The highest BCUT2D eigenvalue weighted by atomic mass is 16.3. The summed E-state index contributed by atoms with van der Waals surface area (Å²) in [7, 11) is 0. The van der Waals surface area contributed by atoms with Crippen LogP contribution in [-0.4, -0.2) is 42.4 Å². The first kappa shape index (κ1) is 12.8. The molecule has 0 radical (unpaired) electrons. The number of β-amino-alcohol motifs (C(OH)–C–C–N with tert-alkyl or cyclic N) is 1. The van der Waals surface area contributed by atoms with Gasteiger partial charge in [-0.25, -0.2) is 4.98 Å². The van der Waals surface area contributed by atoms with E-state index in [0.717, 1.165) is 30.2 Å². The van der Waals surface area contributed by atoms with E-state index < -0.39 is 0 Å². The minimum absolute atomic E-state index is 0.384. The SMILES string of the molecule is Cc1cc(N2CCNCC(O)C2)nc(C)c1C#N. The Bertz CT molecular complexity index is 457. The normalized spacial score (nSPS) is 20.3. The Labute approximate surface area is 107 Å². The molecule has 0 spiro atoms. The summed E-state index contributed by atoms with van der Waals surface area (Å²) < 4.78 is 0. The third-order valence-electron chi connectivity index (χ3n) is 3.19. The van der Waals surface area contributed by atoms with Crippen LogP contribution in [0.15, 0.2) is 6.07 Å². The van der Waals surface area contributed by atoms with E-state index in [4.69, 9.17) is 5.26 Å². The summed E-state index contributed by atoms with van der Waals surface area (Å²) in [6.07, 6.45) is -0.384. The zero-order chi connectivity index (χ0) is 13.1. The Morgan fingerprint density at radius 3 is 3.00 bits per heavy atom. The molecule has 0 aromatic carbocycles. The van der Waals surface area contributed by atoms with Crippen LogP contribution in [0.3, 0.4) is 0 Å². The lowest BCUT2D eigenvalue weighted by molar-refractivity contribution is 0.184. The fourth-order valence-electron chi connectivity index (χ4n) is 2.24. The number of aliphatic hydroxyl groups excluding tert-OH is 1. The molecule has 0 aliphatic carbocycles. The molecule has 0 bridgehead atoms. The van der Waals surface area contributed by atoms with E-state index in [2.05, 4.69) is 21.3 Å². The Hall–Kier alpha value is -1.64. The quantitative estimate of drug-likeness (QED) is 0.747. The summed E-state index contributed by atoms with van der Waals surface area (Å²) in [5.74, 6) is 0.840. The zero-order valence-corrected chi connectivity index (χ0v) is 10.8. The summed E-state index contributed by atoms with van der Waals surface area (Å²) in [4.78, 5) is 6.53. The van der Waals surface area contributed by atoms with Gasteiger partial charge in [0.05, 0.1) is 17.4 Å². The Morgan fingerprint density at radius 2 is 2.33 bits per heavy atom. The van der Waals surface area contributed by atoms with E-state index in [1.807, 2.05) is 19.9 Å². The molecule has 0 saturated carbocycles. The van der Waals surface area contributed by atoms with Crippen LogP contribution in [0.25, 0.3) is 0 Å². The molecule has 5 nitrogen and oxygen atoms in total. The maximum Gasteiger partial charge on any atom is 0.129 e. The maximum atomic E-state index is 9.78. The van der Waals surface area contributed by atoms with Gasteiger partial charge in [-0.05, 0) is 25.5 Å². The summed E-state index contributed by atoms with van der Waals surface area (Å²) in [5.41, 5.74) is 2.33. The highest BCUT2D eigenvalue weighted by Crippen LogP contribution is 2.19. The molecule has 5 heteroatoms. The van der Waals surface area contributed by atoms with Crippen molar-refractivity contribution < 1.29 is 5.11 Å². The van der Waals surface area contributed by atoms with E-state index in [1.165, 1.54) is 0 Å². The second-order valence-electron chi connectivity index (χ2n) is 4.67. The zero-order valence-electron chi connectivity index (χ0n) is 10.8. The molecule has 1 aromatic rings. The Morgan fingerprint density at radius 1 is 1.56 bits per heavy atom. The molecule has 1 aliphatic rings. The van der Waals surface area contributed by atoms with Crippen LogP contribution in [0.5, 0.6) is 0 Å². The average Bonchev–Trinajstić information content (AvgIpc) is 2.53. The van der Waals surface area contributed by atoms with Crippen molar-refractivity contribution in [2.24, 2.45) is 0 Å². The molecule has 1 fully saturated rings. The number of hydrogen-bond acceptors (Lipinski definition) is 5. The second kappa shape index (κ2) is 5.34. The van der Waals surface area contributed by atoms with Crippen LogP contribution in [0.2, 0.25) is 0 Å². The number of nitrogens with one attached hydrogen (secondary N) is 1. The van der Waals surface area contributed by atoms with Crippen molar-refractivity contribution in [1.82, 2.24) is 10.3 Å². The van der Waals surface area contributed by atoms with E-state index in [1.54, 1.807) is 0 Å². The van der Waals surface area contributed by atoms with E-state index in [9.17, 15) is 5.11 Å². The Kier molecular flexibility index (Phi) is 3.80. The third kappa shape index (κ3) is 2.61. The number of aromatic nitrogens is 1. The predicted octanol–water partition coefficient (Wildman–Crippen LogP) is 0.341. The van der Waals surface area contributed by atoms with Crippen molar-refractivity contribution in [3.8, 4) is 6.07 Å². The van der Waals surface area contributed by atoms with Gasteiger partial charge in [0.15, 0.2) is 0 Å². The molecule has 1 aliphatic heterocycles. The summed E-state index contributed by atoms with van der Waals surface area (Å²) >= 11 is 0. The number of nitriles is 1. The van der Waals surface area contributed by atoms with Crippen LogP contribution >= 0.6 is 0 Å². The lowest BCUT2D eigenvalue weighted by Crippen LogP contribution is -2.33. The molecule has 1 aromatic heterocycles. The van der Waals surface area contributed by atoms with Crippen LogP contribution in [-0.2, 0) is 0 Å². The van der Waals surface area contributed by atoms with Crippen LogP contribution in [0.4, 0.5) is 5.82 Å². The van der Waals surface area contributed by atoms with Crippen molar-refractivity contribution in [1.29, 1.82) is 5.26 Å². The van der Waals surface area contributed by atoms with Gasteiger partial charge in [0.25, 0.3) is 0 Å². The number of nitrogens with zero attached hydrogens (tertiary/aromatic N) is 3. The number of hydrogen-bond donors (Lipinski definition) is 2. The van der Waals surface area contributed by atoms with Gasteiger partial charge in [-0.3, -0.25) is 0 Å². The third-order valence-corrected chi connectivity index (χ3v) is 3.19. The minimum atomic E-state index is -0.384. The molecule has 2 rings (SSSR count). The largest absolute Gasteiger partial charge is 0.390 e. The fourth-order valence-corrected chi connectivity index (χ4v) is 2.24. The molecule has 2 heterocycles. The number of rotatable bonds is 1. The number of aryl methyl sites for hydroxylation is 2. The van der Waals surface area contributed by atoms with Gasteiger partial charge in [0.1, 0.15) is 11.9 Å². The van der Waals surface area contributed by atoms with Crippen LogP contribution < -0.4 is 10.2 Å². The number of anilines is 1. The highest BCUT2D eigenvalue weighted by molar-refractivity contribution is 5.50. The van der Waals surface area contributed by atoms with Gasteiger partial charge in [-0.15, -0.1) is 0 Å². The van der Waals surface area contributed by atoms with Gasteiger partial charge in [0, 0.05) is 26.2 Å². The molecule has 18 heavy (non-hydrogen) atoms. The predicted molar refractivity (Wildman–Crippen MR) is 69.5 cm³/mol. The van der Waals surface area contributed by atoms with E-state index in [0.29, 0.717) is 18.7 Å². The van der Waals surface area contributed by atoms with E-state index in [-0.39, 0.29) is 6.10 Å². The van der Waals surface area contributed by atoms with Gasteiger partial charge in [0.2, 0.25) is 0 Å². The minimum Gasteiger partial charge on any atom is -0.390 e. The maximum absolute atomic E-state index is 9.78. The first-order valence-corrected chi connectivity index (χ1v) is 6.14. The molecule has 96 valence electrons. The molecule has 1 unspecified atom stereocenters. The first-order valence-electron chi connectivity index (χ1n) is 6.14. The number of pyridine rings is 1. The fraction of sp³-hybridized carbons (Fsp3) is 0.538. The van der Waals surface area contributed by atoms with Crippen LogP contribution in [0.1, 0.15) is 16.8 Å². The van der Waals surface area contributed by atoms with Crippen molar-refractivity contribution in [2.75, 3.05) is 31.1 Å². The highest BCUT2D eigenvalue weighted by Gasteiger charge is 2.18. The van der Waals surface area contributed by atoms with Crippen molar-refractivity contribution in [3.05, 3.63) is 22.9 Å². The monoisotopic (exact) mass is 246 g/mol. The van der Waals surface area contributed by atoms with Crippen molar-refractivity contribution >= 4 is 5.82 Å². The summed E-state index contributed by atoms with van der Waals surface area (Å²) in [5, 5.41) is 22.0. The van der Waals surface area contributed by atoms with Crippen molar-refractivity contribution in [3.63, 3.8) is 0 Å². The van der Waals surface area contributed by atoms with Gasteiger partial charge < -0.3 is 15.3 Å². The Balaban J connectivity index is 2.30. The topological polar surface area (TPSA) is 72.2 Å². The molecule has 2 N–H and O–H groups in total. The van der Waals surface area contributed by atoms with Gasteiger partial charge in [-0.1, -0.05) is 0 Å². The van der Waals surface area contributed by atoms with E-state index >= 15 is 0 Å². The summed E-state index contributed by atoms with van der Waals surface area (Å²) in [6.45, 7) is 6.60. The standard InChI is InChI=1S/C13H18N4O/c1-9-5-13(16-10(2)12(9)6-14)17-4-3-15-7-11(18)8-17/h5,11,15,18H,3-4,7-8H2,1-2H3. The second-order valence-corrected chi connectivity index (χ2v) is 4.67. The average molecular weight is 246 g/mol. The summed E-state index contributed by atoms with van der Waals surface area (Å²) in [6, 6.07) is 4.09. The number of aliphatic hydroxyl groups is 1. The molecule has 1 saturated heterocycles. The lowest BCUT2D eigenvalue weighted by Gasteiger charge is -2.23. The van der Waals surface area contributed by atoms with Crippen LogP contribution in [0, 0.1) is 25.2 Å². The van der Waals surface area contributed by atoms with Gasteiger partial charge >= 0.3 is 0 Å². The molecule has 1 atom stereocenters. The molecular formula is C13H18N4O. The molecular weight excluding hydrogens is 228 g/mol. The van der Waals surface area contributed by atoms with Crippen molar-refractivity contribution in [2.45, 2.75) is 20.0 Å². The lowest BCUT2D eigenvalue weighted by atomic mass is 10.1. The first-order chi connectivity index (χ1) is 8.61.